The molecular weight excluding hydrogens is 563 g/mol. The van der Waals surface area contributed by atoms with E-state index in [-0.39, 0.29) is 0 Å². The van der Waals surface area contributed by atoms with Crippen molar-refractivity contribution < 1.29 is 9.59 Å². The number of aryl methyl sites for hydroxylation is 1. The van der Waals surface area contributed by atoms with Crippen LogP contribution in [0.15, 0.2) is 97.3 Å². The number of halogens is 3. The van der Waals surface area contributed by atoms with Crippen LogP contribution in [-0.2, 0) is 13.1 Å². The summed E-state index contributed by atoms with van der Waals surface area (Å²) in [7, 11) is 0. The molecule has 0 atom stereocenters. The zero-order chi connectivity index (χ0) is 28.2. The molecule has 0 saturated heterocycles. The number of nitrogens with zero attached hydrogens (tertiary/aromatic N) is 2. The molecule has 0 aliphatic rings. The van der Waals surface area contributed by atoms with Crippen molar-refractivity contribution in [3.63, 3.8) is 0 Å². The zero-order valence-corrected chi connectivity index (χ0v) is 23.9. The molecule has 200 valence electrons. The number of carbonyl (C=O) groups excluding carboxylic acids is 2. The van der Waals surface area contributed by atoms with Crippen LogP contribution in [0.5, 0.6) is 0 Å². The predicted octanol–water partition coefficient (Wildman–Crippen LogP) is 9.27. The Hall–Kier alpha value is -3.83. The van der Waals surface area contributed by atoms with Gasteiger partial charge in [-0.05, 0) is 42.3 Å². The predicted molar refractivity (Wildman–Crippen MR) is 166 cm³/mol. The van der Waals surface area contributed by atoms with E-state index in [1.165, 1.54) is 11.1 Å². The van der Waals surface area contributed by atoms with Gasteiger partial charge in [0.25, 0.3) is 0 Å². The number of aromatic nitrogens is 2. The first-order chi connectivity index (χ1) is 19.4. The van der Waals surface area contributed by atoms with Crippen LogP contribution >= 0.6 is 34.8 Å². The van der Waals surface area contributed by atoms with Crippen LogP contribution in [0.2, 0.25) is 15.1 Å². The molecule has 0 aliphatic heterocycles. The van der Waals surface area contributed by atoms with Gasteiger partial charge in [-0.3, -0.25) is 9.59 Å². The van der Waals surface area contributed by atoms with Crippen molar-refractivity contribution in [3.05, 3.63) is 140 Å². The van der Waals surface area contributed by atoms with Crippen molar-refractivity contribution in [2.75, 3.05) is 0 Å². The summed E-state index contributed by atoms with van der Waals surface area (Å²) < 4.78 is 4.02. The SMILES string of the molecule is Cc1cccc(Cn2cc(C=O)c3cccc(Cl)c32)c1.O=Cc1cn(Cc2cccc(Cl)c2)c2c(Cl)cccc12. The van der Waals surface area contributed by atoms with Gasteiger partial charge in [0.1, 0.15) is 0 Å². The van der Waals surface area contributed by atoms with Crippen LogP contribution in [0.25, 0.3) is 21.8 Å². The van der Waals surface area contributed by atoms with E-state index in [1.54, 1.807) is 0 Å². The molecule has 0 N–H and O–H groups in total. The molecule has 4 nitrogen and oxygen atoms in total. The minimum atomic E-state index is 0.620. The van der Waals surface area contributed by atoms with Gasteiger partial charge in [0.15, 0.2) is 12.6 Å². The molecule has 6 rings (SSSR count). The molecule has 4 aromatic carbocycles. The first-order valence-electron chi connectivity index (χ1n) is 12.6. The van der Waals surface area contributed by atoms with Crippen LogP contribution in [-0.4, -0.2) is 21.7 Å². The van der Waals surface area contributed by atoms with Gasteiger partial charge in [-0.25, -0.2) is 0 Å². The quantitative estimate of drug-likeness (QED) is 0.182. The summed E-state index contributed by atoms with van der Waals surface area (Å²) in [6.45, 7) is 3.39. The largest absolute Gasteiger partial charge is 0.341 e. The second-order valence-electron chi connectivity index (χ2n) is 9.55. The third kappa shape index (κ3) is 5.85. The van der Waals surface area contributed by atoms with Crippen LogP contribution < -0.4 is 0 Å². The van der Waals surface area contributed by atoms with E-state index in [0.717, 1.165) is 39.9 Å². The summed E-state index contributed by atoms with van der Waals surface area (Å²) in [4.78, 5) is 22.4. The fraction of sp³-hybridized carbons (Fsp3) is 0.0909. The standard InChI is InChI=1S/C17H14ClNO.C16H11Cl2NO/c1-12-4-2-5-13(8-12)9-19-10-14(11-20)15-6-3-7-16(18)17(15)19;17-13-4-1-3-11(7-13)8-19-9-12(10-20)14-5-2-6-15(18)16(14)19/h2-8,10-11H,9H2,1H3;1-7,9-10H,8H2. The maximum atomic E-state index is 11.2. The zero-order valence-electron chi connectivity index (χ0n) is 21.7. The fourth-order valence-corrected chi connectivity index (χ4v) is 5.74. The van der Waals surface area contributed by atoms with E-state index in [9.17, 15) is 9.59 Å². The van der Waals surface area contributed by atoms with E-state index in [2.05, 4.69) is 25.1 Å². The van der Waals surface area contributed by atoms with Gasteiger partial charge in [-0.2, -0.15) is 0 Å². The number of hydrogen-bond acceptors (Lipinski definition) is 2. The maximum absolute atomic E-state index is 11.2. The first kappa shape index (κ1) is 27.7. The topological polar surface area (TPSA) is 44.0 Å². The van der Waals surface area contributed by atoms with Gasteiger partial charge >= 0.3 is 0 Å². The summed E-state index contributed by atoms with van der Waals surface area (Å²) >= 11 is 18.6. The Morgan fingerprint density at radius 3 is 1.57 bits per heavy atom. The van der Waals surface area contributed by atoms with E-state index in [4.69, 9.17) is 34.8 Å². The van der Waals surface area contributed by atoms with Gasteiger partial charge in [-0.1, -0.05) is 101 Å². The lowest BCUT2D eigenvalue weighted by Crippen LogP contribution is -1.98. The van der Waals surface area contributed by atoms with Crippen molar-refractivity contribution >= 4 is 69.2 Å². The van der Waals surface area contributed by atoms with E-state index >= 15 is 0 Å². The lowest BCUT2D eigenvalue weighted by atomic mass is 10.1. The number of para-hydroxylation sites is 2. The molecule has 40 heavy (non-hydrogen) atoms. The number of carbonyl (C=O) groups is 2. The molecule has 0 fully saturated rings. The number of aldehydes is 2. The molecule has 2 aromatic heterocycles. The Kier molecular flexibility index (Phi) is 8.41. The molecule has 7 heteroatoms. The van der Waals surface area contributed by atoms with Gasteiger partial charge in [0, 0.05) is 52.4 Å². The highest BCUT2D eigenvalue weighted by Gasteiger charge is 2.12. The van der Waals surface area contributed by atoms with Crippen LogP contribution in [0.4, 0.5) is 0 Å². The number of benzene rings is 4. The van der Waals surface area contributed by atoms with Crippen LogP contribution in [0, 0.1) is 6.92 Å². The average molecular weight is 588 g/mol. The lowest BCUT2D eigenvalue weighted by Gasteiger charge is -2.07. The Morgan fingerprint density at radius 2 is 1.10 bits per heavy atom. The van der Waals surface area contributed by atoms with Gasteiger partial charge in [0.05, 0.1) is 21.1 Å². The highest BCUT2D eigenvalue weighted by atomic mass is 35.5. The molecule has 0 unspecified atom stereocenters. The molecule has 0 saturated carbocycles. The highest BCUT2D eigenvalue weighted by Crippen LogP contribution is 2.29. The first-order valence-corrected chi connectivity index (χ1v) is 13.8. The highest BCUT2D eigenvalue weighted by molar-refractivity contribution is 6.36. The molecule has 6 aromatic rings. The normalized spacial score (nSPS) is 10.9. The van der Waals surface area contributed by atoms with E-state index in [1.807, 2.05) is 88.3 Å². The number of fused-ring (bicyclic) bond motifs is 2. The van der Waals surface area contributed by atoms with Crippen molar-refractivity contribution in [2.45, 2.75) is 20.0 Å². The van der Waals surface area contributed by atoms with Crippen LogP contribution in [0.3, 0.4) is 0 Å². The molecular formula is C33H25Cl3N2O2. The molecule has 0 aliphatic carbocycles. The summed E-state index contributed by atoms with van der Waals surface area (Å²) in [5.74, 6) is 0. The van der Waals surface area contributed by atoms with Gasteiger partial charge in [-0.15, -0.1) is 0 Å². The molecule has 0 radical (unpaired) electrons. The third-order valence-corrected chi connectivity index (χ3v) is 7.54. The fourth-order valence-electron chi connectivity index (χ4n) is 4.96. The Balaban J connectivity index is 0.000000161. The summed E-state index contributed by atoms with van der Waals surface area (Å²) in [6, 6.07) is 27.2. The Labute approximate surface area is 247 Å². The van der Waals surface area contributed by atoms with Gasteiger partial charge in [0.2, 0.25) is 0 Å². The summed E-state index contributed by atoms with van der Waals surface area (Å²) in [5, 5.41) is 3.77. The van der Waals surface area contributed by atoms with Crippen molar-refractivity contribution in [1.29, 1.82) is 0 Å². The molecule has 0 amide bonds. The Bertz CT molecular complexity index is 1720. The number of hydrogen-bond donors (Lipinski definition) is 0. The smallest absolute Gasteiger partial charge is 0.152 e. The van der Waals surface area contributed by atoms with Crippen molar-refractivity contribution in [3.8, 4) is 0 Å². The van der Waals surface area contributed by atoms with Gasteiger partial charge < -0.3 is 9.13 Å². The lowest BCUT2D eigenvalue weighted by molar-refractivity contribution is 0.111. The molecule has 0 bridgehead atoms. The second-order valence-corrected chi connectivity index (χ2v) is 10.8. The molecule has 0 spiro atoms. The summed E-state index contributed by atoms with van der Waals surface area (Å²) in [5.41, 5.74) is 6.58. The maximum Gasteiger partial charge on any atom is 0.152 e. The molecule has 2 heterocycles. The minimum absolute atomic E-state index is 0.620. The second kappa shape index (κ2) is 12.1. The van der Waals surface area contributed by atoms with Crippen molar-refractivity contribution in [1.82, 2.24) is 9.13 Å². The monoisotopic (exact) mass is 586 g/mol. The van der Waals surface area contributed by atoms with Crippen LogP contribution in [0.1, 0.15) is 37.4 Å². The minimum Gasteiger partial charge on any atom is -0.341 e. The average Bonchev–Trinajstić information content (AvgIpc) is 3.48. The summed E-state index contributed by atoms with van der Waals surface area (Å²) in [6.07, 6.45) is 5.43. The van der Waals surface area contributed by atoms with Crippen molar-refractivity contribution in [2.24, 2.45) is 0 Å². The Morgan fingerprint density at radius 1 is 0.625 bits per heavy atom. The van der Waals surface area contributed by atoms with E-state index < -0.39 is 0 Å². The number of rotatable bonds is 6. The van der Waals surface area contributed by atoms with E-state index in [0.29, 0.717) is 39.3 Å². The third-order valence-electron chi connectivity index (χ3n) is 6.69.